The number of fused-ring (bicyclic) bond motifs is 1. The van der Waals surface area contributed by atoms with Crippen LogP contribution in [0.1, 0.15) is 12.5 Å². The van der Waals surface area contributed by atoms with E-state index in [-0.39, 0.29) is 5.75 Å². The van der Waals surface area contributed by atoms with Gasteiger partial charge in [0, 0.05) is 19.2 Å². The van der Waals surface area contributed by atoms with Crippen molar-refractivity contribution in [3.63, 3.8) is 0 Å². The molecule has 0 aliphatic carbocycles. The van der Waals surface area contributed by atoms with Crippen molar-refractivity contribution in [1.82, 2.24) is 15.3 Å². The highest BCUT2D eigenvalue weighted by molar-refractivity contribution is 5.88. The third-order valence-electron chi connectivity index (χ3n) is 2.55. The summed E-state index contributed by atoms with van der Waals surface area (Å²) >= 11 is 0. The van der Waals surface area contributed by atoms with Crippen LogP contribution in [-0.4, -0.2) is 29.5 Å². The van der Waals surface area contributed by atoms with Crippen LogP contribution in [0.3, 0.4) is 0 Å². The van der Waals surface area contributed by atoms with Gasteiger partial charge in [0.15, 0.2) is 0 Å². The molecule has 2 heterocycles. The zero-order chi connectivity index (χ0) is 13.1. The maximum absolute atomic E-state index is 13.3. The number of nitrogens with one attached hydrogen (secondary N) is 2. The molecule has 0 saturated carbocycles. The lowest BCUT2D eigenvalue weighted by atomic mass is 10.1. The number of esters is 1. The van der Waals surface area contributed by atoms with E-state index in [2.05, 4.69) is 15.3 Å². The zero-order valence-corrected chi connectivity index (χ0v) is 10.2. The molecule has 2 N–H and O–H groups in total. The largest absolute Gasteiger partial charge is 0.426 e. The van der Waals surface area contributed by atoms with Gasteiger partial charge in [-0.25, -0.2) is 4.98 Å². The Bertz CT molecular complexity index is 580. The fraction of sp³-hybridized carbons (Fsp3) is 0.333. The fourth-order valence-corrected chi connectivity index (χ4v) is 1.83. The Morgan fingerprint density at radius 3 is 3.06 bits per heavy atom. The van der Waals surface area contributed by atoms with Gasteiger partial charge in [0.05, 0.1) is 5.39 Å². The van der Waals surface area contributed by atoms with E-state index in [1.807, 2.05) is 7.05 Å². The predicted molar refractivity (Wildman–Crippen MR) is 65.0 cm³/mol. The van der Waals surface area contributed by atoms with Gasteiger partial charge in [-0.2, -0.15) is 4.39 Å². The SMILES string of the molecule is CNCCc1c[nH]c2nc(F)cc(OC(C)=O)c12. The van der Waals surface area contributed by atoms with Crippen LogP contribution in [0.5, 0.6) is 5.75 Å². The molecule has 5 nitrogen and oxygen atoms in total. The average molecular weight is 251 g/mol. The standard InChI is InChI=1S/C12H14FN3O2/c1-7(17)18-9-5-10(13)16-12-11(9)8(6-15-12)3-4-14-2/h5-6,14H,3-4H2,1-2H3,(H,15,16). The first-order valence-electron chi connectivity index (χ1n) is 5.61. The fourth-order valence-electron chi connectivity index (χ4n) is 1.83. The topological polar surface area (TPSA) is 67.0 Å². The first-order valence-corrected chi connectivity index (χ1v) is 5.61. The molecule has 0 spiro atoms. The summed E-state index contributed by atoms with van der Waals surface area (Å²) in [4.78, 5) is 17.6. The number of hydrogen-bond donors (Lipinski definition) is 2. The van der Waals surface area contributed by atoms with Crippen molar-refractivity contribution in [2.45, 2.75) is 13.3 Å². The number of halogens is 1. The molecular weight excluding hydrogens is 237 g/mol. The molecule has 0 atom stereocenters. The van der Waals surface area contributed by atoms with Gasteiger partial charge in [-0.05, 0) is 25.6 Å². The monoisotopic (exact) mass is 251 g/mol. The van der Waals surface area contributed by atoms with Gasteiger partial charge in [0.2, 0.25) is 5.95 Å². The Balaban J connectivity index is 2.50. The summed E-state index contributed by atoms with van der Waals surface area (Å²) in [6, 6.07) is 1.13. The van der Waals surface area contributed by atoms with E-state index >= 15 is 0 Å². The van der Waals surface area contributed by atoms with Crippen molar-refractivity contribution in [2.24, 2.45) is 0 Å². The van der Waals surface area contributed by atoms with Crippen molar-refractivity contribution >= 4 is 17.0 Å². The predicted octanol–water partition coefficient (Wildman–Crippen LogP) is 1.39. The minimum atomic E-state index is -0.680. The van der Waals surface area contributed by atoms with Crippen LogP contribution in [0.4, 0.5) is 4.39 Å². The lowest BCUT2D eigenvalue weighted by molar-refractivity contribution is -0.131. The Kier molecular flexibility index (Phi) is 3.57. The minimum Gasteiger partial charge on any atom is -0.426 e. The number of aromatic amines is 1. The number of pyridine rings is 1. The summed E-state index contributed by atoms with van der Waals surface area (Å²) in [5, 5.41) is 3.68. The summed E-state index contributed by atoms with van der Waals surface area (Å²) in [6.07, 6.45) is 2.49. The molecule has 96 valence electrons. The van der Waals surface area contributed by atoms with Gasteiger partial charge in [-0.1, -0.05) is 0 Å². The van der Waals surface area contributed by atoms with E-state index in [0.717, 1.165) is 24.6 Å². The Hall–Kier alpha value is -1.95. The number of rotatable bonds is 4. The van der Waals surface area contributed by atoms with Crippen molar-refractivity contribution < 1.29 is 13.9 Å². The maximum Gasteiger partial charge on any atom is 0.308 e. The van der Waals surface area contributed by atoms with E-state index in [4.69, 9.17) is 4.74 Å². The first-order chi connectivity index (χ1) is 8.61. The van der Waals surface area contributed by atoms with Gasteiger partial charge in [-0.15, -0.1) is 0 Å². The number of ether oxygens (including phenoxy) is 1. The lowest BCUT2D eigenvalue weighted by Gasteiger charge is -2.05. The maximum atomic E-state index is 13.3. The number of carbonyl (C=O) groups is 1. The smallest absolute Gasteiger partial charge is 0.308 e. The highest BCUT2D eigenvalue weighted by Gasteiger charge is 2.14. The molecule has 0 aromatic carbocycles. The summed E-state index contributed by atoms with van der Waals surface area (Å²) in [6.45, 7) is 2.05. The molecule has 6 heteroatoms. The second-order valence-electron chi connectivity index (χ2n) is 3.93. The highest BCUT2D eigenvalue weighted by Crippen LogP contribution is 2.28. The van der Waals surface area contributed by atoms with E-state index in [1.54, 1.807) is 6.20 Å². The molecule has 0 aliphatic heterocycles. The molecule has 2 aromatic heterocycles. The summed E-state index contributed by atoms with van der Waals surface area (Å²) in [5.41, 5.74) is 1.32. The van der Waals surface area contributed by atoms with Crippen LogP contribution < -0.4 is 10.1 Å². The first kappa shape index (κ1) is 12.5. The number of aromatic nitrogens is 2. The highest BCUT2D eigenvalue weighted by atomic mass is 19.1. The molecule has 0 radical (unpaired) electrons. The number of nitrogens with zero attached hydrogens (tertiary/aromatic N) is 1. The Labute approximate surface area is 103 Å². The number of likely N-dealkylation sites (N-methyl/N-ethyl adjacent to an activating group) is 1. The van der Waals surface area contributed by atoms with E-state index in [0.29, 0.717) is 11.0 Å². The van der Waals surface area contributed by atoms with Gasteiger partial charge >= 0.3 is 5.97 Å². The van der Waals surface area contributed by atoms with Crippen molar-refractivity contribution in [1.29, 1.82) is 0 Å². The van der Waals surface area contributed by atoms with Crippen LogP contribution in [0.2, 0.25) is 0 Å². The van der Waals surface area contributed by atoms with Gasteiger partial charge in [0.25, 0.3) is 0 Å². The van der Waals surface area contributed by atoms with Crippen LogP contribution >= 0.6 is 0 Å². The molecule has 0 fully saturated rings. The number of H-pyrrole nitrogens is 1. The second-order valence-corrected chi connectivity index (χ2v) is 3.93. The second kappa shape index (κ2) is 5.14. The summed E-state index contributed by atoms with van der Waals surface area (Å²) < 4.78 is 18.3. The van der Waals surface area contributed by atoms with Gasteiger partial charge < -0.3 is 15.0 Å². The third kappa shape index (κ3) is 2.48. The van der Waals surface area contributed by atoms with Crippen LogP contribution in [0.25, 0.3) is 11.0 Å². The van der Waals surface area contributed by atoms with Crippen molar-refractivity contribution in [3.05, 3.63) is 23.8 Å². The normalized spacial score (nSPS) is 10.8. The van der Waals surface area contributed by atoms with Crippen LogP contribution in [0, 0.1) is 5.95 Å². The van der Waals surface area contributed by atoms with E-state index in [9.17, 15) is 9.18 Å². The van der Waals surface area contributed by atoms with E-state index < -0.39 is 11.9 Å². The zero-order valence-electron chi connectivity index (χ0n) is 10.2. The molecule has 0 unspecified atom stereocenters. The molecule has 18 heavy (non-hydrogen) atoms. The Morgan fingerprint density at radius 1 is 1.61 bits per heavy atom. The molecule has 0 saturated heterocycles. The van der Waals surface area contributed by atoms with E-state index in [1.165, 1.54) is 6.92 Å². The molecule has 2 rings (SSSR count). The average Bonchev–Trinajstić information content (AvgIpc) is 2.68. The van der Waals surface area contributed by atoms with Crippen molar-refractivity contribution in [2.75, 3.05) is 13.6 Å². The quantitative estimate of drug-likeness (QED) is 0.636. The number of carbonyl (C=O) groups excluding carboxylic acids is 1. The lowest BCUT2D eigenvalue weighted by Crippen LogP contribution is -2.10. The number of hydrogen-bond acceptors (Lipinski definition) is 4. The molecule has 0 bridgehead atoms. The Morgan fingerprint density at radius 2 is 2.39 bits per heavy atom. The molecular formula is C12H14FN3O2. The molecule has 0 aliphatic rings. The third-order valence-corrected chi connectivity index (χ3v) is 2.55. The van der Waals surface area contributed by atoms with Crippen molar-refractivity contribution in [3.8, 4) is 5.75 Å². The minimum absolute atomic E-state index is 0.206. The molecule has 2 aromatic rings. The van der Waals surface area contributed by atoms with Crippen LogP contribution in [0.15, 0.2) is 12.3 Å². The van der Waals surface area contributed by atoms with Crippen LogP contribution in [-0.2, 0) is 11.2 Å². The molecule has 0 amide bonds. The van der Waals surface area contributed by atoms with Gasteiger partial charge in [0.1, 0.15) is 11.4 Å². The summed E-state index contributed by atoms with van der Waals surface area (Å²) in [7, 11) is 1.85. The summed E-state index contributed by atoms with van der Waals surface area (Å²) in [5.74, 6) is -0.958. The van der Waals surface area contributed by atoms with Gasteiger partial charge in [-0.3, -0.25) is 4.79 Å².